The lowest BCUT2D eigenvalue weighted by Crippen LogP contribution is -1.99. The van der Waals surface area contributed by atoms with E-state index < -0.39 is 0 Å². The van der Waals surface area contributed by atoms with Gasteiger partial charge in [-0.2, -0.15) is 0 Å². The third-order valence-electron chi connectivity index (χ3n) is 7.71. The first-order valence-corrected chi connectivity index (χ1v) is 12.4. The van der Waals surface area contributed by atoms with Crippen molar-refractivity contribution in [1.82, 2.24) is 9.13 Å². The van der Waals surface area contributed by atoms with Crippen molar-refractivity contribution in [3.8, 4) is 11.4 Å². The first-order chi connectivity index (χ1) is 18.3. The molecule has 0 bridgehead atoms. The predicted octanol–water partition coefficient (Wildman–Crippen LogP) is 9.35. The van der Waals surface area contributed by atoms with E-state index in [2.05, 4.69) is 107 Å². The fraction of sp³-hybridized carbons (Fsp3) is 0. The summed E-state index contributed by atoms with van der Waals surface area (Å²) in [6, 6.07) is 32.5. The topological polar surface area (TPSA) is 23.0 Å². The highest BCUT2D eigenvalue weighted by Crippen LogP contribution is 2.42. The summed E-state index contributed by atoms with van der Waals surface area (Å²) in [5.74, 6) is 0. The molecule has 8 aromatic rings. The van der Waals surface area contributed by atoms with E-state index in [1.807, 2.05) is 18.2 Å². The van der Waals surface area contributed by atoms with Crippen LogP contribution in [0.2, 0.25) is 0 Å². The minimum Gasteiger partial charge on any atom is -0.464 e. The molecule has 0 aliphatic heterocycles. The zero-order chi connectivity index (χ0) is 24.7. The number of furan rings is 1. The largest absolute Gasteiger partial charge is 0.464 e. The Balaban J connectivity index is 1.40. The van der Waals surface area contributed by atoms with Gasteiger partial charge in [0, 0.05) is 43.9 Å². The van der Waals surface area contributed by atoms with Crippen LogP contribution in [0, 0.1) is 0 Å². The molecule has 0 N–H and O–H groups in total. The monoisotopic (exact) mass is 474 g/mol. The van der Waals surface area contributed by atoms with E-state index in [9.17, 15) is 0 Å². The molecule has 3 heteroatoms. The minimum atomic E-state index is 0.946. The number of benzene rings is 5. The summed E-state index contributed by atoms with van der Waals surface area (Å²) in [6.07, 6.45) is 5.62. The summed E-state index contributed by atoms with van der Waals surface area (Å²) in [7, 11) is 0. The Morgan fingerprint density at radius 1 is 0.595 bits per heavy atom. The molecule has 5 aromatic carbocycles. The number of hydrogen-bond acceptors (Lipinski definition) is 1. The number of nitrogens with zero attached hydrogens (tertiary/aromatic N) is 2. The number of hydrogen-bond donors (Lipinski definition) is 0. The summed E-state index contributed by atoms with van der Waals surface area (Å²) >= 11 is 0. The Morgan fingerprint density at radius 3 is 2.19 bits per heavy atom. The molecule has 0 fully saturated rings. The van der Waals surface area contributed by atoms with E-state index in [-0.39, 0.29) is 0 Å². The summed E-state index contributed by atoms with van der Waals surface area (Å²) in [5, 5.41) is 7.21. The van der Waals surface area contributed by atoms with E-state index in [0.717, 1.165) is 44.5 Å². The maximum Gasteiger partial charge on any atom is 0.141 e. The molecule has 0 spiro atoms. The van der Waals surface area contributed by atoms with Crippen LogP contribution in [-0.4, -0.2) is 9.13 Å². The Labute approximate surface area is 213 Å². The van der Waals surface area contributed by atoms with Crippen molar-refractivity contribution in [2.75, 3.05) is 0 Å². The van der Waals surface area contributed by atoms with Gasteiger partial charge in [0.2, 0.25) is 0 Å². The molecule has 3 heterocycles. The van der Waals surface area contributed by atoms with Crippen LogP contribution in [0.1, 0.15) is 11.3 Å². The van der Waals surface area contributed by atoms with Crippen LogP contribution in [0.25, 0.3) is 78.0 Å². The average Bonchev–Trinajstić information content (AvgIpc) is 3.64. The summed E-state index contributed by atoms with van der Waals surface area (Å²) in [5.41, 5.74) is 8.85. The van der Waals surface area contributed by atoms with Gasteiger partial charge in [0.15, 0.2) is 0 Å². The van der Waals surface area contributed by atoms with Gasteiger partial charge >= 0.3 is 0 Å². The predicted molar refractivity (Wildman–Crippen MR) is 156 cm³/mol. The number of fused-ring (bicyclic) bond motifs is 3. The van der Waals surface area contributed by atoms with E-state index in [1.165, 1.54) is 32.6 Å². The maximum absolute atomic E-state index is 5.90. The Morgan fingerprint density at radius 2 is 1.38 bits per heavy atom. The smallest absolute Gasteiger partial charge is 0.141 e. The maximum atomic E-state index is 5.90. The van der Waals surface area contributed by atoms with Crippen molar-refractivity contribution >= 4 is 66.6 Å². The van der Waals surface area contributed by atoms with Gasteiger partial charge in [0.1, 0.15) is 5.58 Å². The highest BCUT2D eigenvalue weighted by Gasteiger charge is 2.20. The number of aromatic nitrogens is 2. The number of para-hydroxylation sites is 1. The van der Waals surface area contributed by atoms with Crippen molar-refractivity contribution < 1.29 is 4.42 Å². The average molecular weight is 475 g/mol. The molecule has 8 rings (SSSR count). The molecule has 0 aliphatic rings. The molecule has 0 saturated carbocycles. The van der Waals surface area contributed by atoms with Gasteiger partial charge in [-0.25, -0.2) is 0 Å². The molecular formula is C34H22N2O. The number of rotatable bonds is 4. The zero-order valence-electron chi connectivity index (χ0n) is 20.1. The Hall–Kier alpha value is -5.02. The second kappa shape index (κ2) is 7.25. The van der Waals surface area contributed by atoms with Gasteiger partial charge in [-0.05, 0) is 66.1 Å². The second-order valence-corrected chi connectivity index (χ2v) is 9.51. The van der Waals surface area contributed by atoms with Gasteiger partial charge in [0.25, 0.3) is 0 Å². The van der Waals surface area contributed by atoms with Crippen LogP contribution in [0.5, 0.6) is 0 Å². The van der Waals surface area contributed by atoms with Crippen molar-refractivity contribution in [1.29, 1.82) is 0 Å². The fourth-order valence-corrected chi connectivity index (χ4v) is 6.19. The normalized spacial score (nSPS) is 12.0. The van der Waals surface area contributed by atoms with E-state index in [4.69, 9.17) is 4.42 Å². The molecule has 174 valence electrons. The van der Waals surface area contributed by atoms with Crippen LogP contribution in [-0.2, 0) is 0 Å². The summed E-state index contributed by atoms with van der Waals surface area (Å²) in [6.45, 7) is 8.17. The first kappa shape index (κ1) is 20.2. The van der Waals surface area contributed by atoms with Crippen LogP contribution >= 0.6 is 0 Å². The van der Waals surface area contributed by atoms with Crippen LogP contribution in [0.3, 0.4) is 0 Å². The lowest BCUT2D eigenvalue weighted by atomic mass is 10.0. The van der Waals surface area contributed by atoms with E-state index >= 15 is 0 Å². The highest BCUT2D eigenvalue weighted by atomic mass is 16.3. The summed E-state index contributed by atoms with van der Waals surface area (Å²) < 4.78 is 10.5. The van der Waals surface area contributed by atoms with Crippen molar-refractivity contribution in [3.63, 3.8) is 0 Å². The van der Waals surface area contributed by atoms with Crippen molar-refractivity contribution in [2.45, 2.75) is 0 Å². The van der Waals surface area contributed by atoms with Crippen molar-refractivity contribution in [3.05, 3.63) is 122 Å². The molecule has 0 unspecified atom stereocenters. The van der Waals surface area contributed by atoms with Gasteiger partial charge in [-0.15, -0.1) is 0 Å². The third kappa shape index (κ3) is 2.55. The molecule has 0 radical (unpaired) electrons. The molecule has 0 saturated heterocycles. The Kier molecular flexibility index (Phi) is 3.96. The Bertz CT molecular complexity index is 2170. The van der Waals surface area contributed by atoms with Crippen LogP contribution in [0.15, 0.2) is 115 Å². The molecular weight excluding hydrogens is 452 g/mol. The summed E-state index contributed by atoms with van der Waals surface area (Å²) in [4.78, 5) is 0. The highest BCUT2D eigenvalue weighted by molar-refractivity contribution is 6.29. The third-order valence-corrected chi connectivity index (χ3v) is 7.71. The zero-order valence-corrected chi connectivity index (χ0v) is 20.1. The van der Waals surface area contributed by atoms with E-state index in [0.29, 0.717) is 0 Å². The minimum absolute atomic E-state index is 0.946. The molecule has 0 aliphatic carbocycles. The fourth-order valence-electron chi connectivity index (χ4n) is 6.19. The molecule has 0 atom stereocenters. The van der Waals surface area contributed by atoms with Crippen LogP contribution < -0.4 is 0 Å². The van der Waals surface area contributed by atoms with Gasteiger partial charge < -0.3 is 13.6 Å². The lowest BCUT2D eigenvalue weighted by Gasteiger charge is -2.12. The quantitative estimate of drug-likeness (QED) is 0.233. The van der Waals surface area contributed by atoms with Gasteiger partial charge in [0.05, 0.1) is 28.5 Å². The molecule has 3 aromatic heterocycles. The molecule has 37 heavy (non-hydrogen) atoms. The lowest BCUT2D eigenvalue weighted by molar-refractivity contribution is 0.619. The standard InChI is InChI=1S/C34H22N2O/c1-3-25-26-9-5-6-10-29(26)35(28(25)4-2)23-13-15-24(16-14-23)36-30-11-7-8-21-12-17-27-33(32(21)30)31(36)20-22-18-19-37-34(22)27/h3-20H,1-2H2. The van der Waals surface area contributed by atoms with Crippen molar-refractivity contribution in [2.24, 2.45) is 0 Å². The van der Waals surface area contributed by atoms with Crippen LogP contribution in [0.4, 0.5) is 0 Å². The molecule has 3 nitrogen and oxygen atoms in total. The van der Waals surface area contributed by atoms with E-state index in [1.54, 1.807) is 6.26 Å². The SMILES string of the molecule is C=Cc1c(C=C)n(-c2ccc(-n3c4cccc5ccc6c7occc7cc3c6c54)cc2)c2ccccc12. The van der Waals surface area contributed by atoms with Gasteiger partial charge in [-0.1, -0.05) is 55.6 Å². The first-order valence-electron chi connectivity index (χ1n) is 12.4. The second-order valence-electron chi connectivity index (χ2n) is 9.51. The molecule has 0 amide bonds. The van der Waals surface area contributed by atoms with Gasteiger partial charge in [-0.3, -0.25) is 0 Å².